The van der Waals surface area contributed by atoms with E-state index >= 15 is 0 Å². The second kappa shape index (κ2) is 7.09. The lowest BCUT2D eigenvalue weighted by Gasteiger charge is -2.18. The Hall–Kier alpha value is -1.83. The number of hydrogen-bond acceptors (Lipinski definition) is 6. The second-order valence-electron chi connectivity index (χ2n) is 4.61. The van der Waals surface area contributed by atoms with Gasteiger partial charge >= 0.3 is 0 Å². The maximum Gasteiger partial charge on any atom is 0.268 e. The molecule has 112 valence electrons. The van der Waals surface area contributed by atoms with Crippen molar-refractivity contribution in [3.05, 3.63) is 4.88 Å². The first-order chi connectivity index (χ1) is 9.36. The molecule has 0 saturated carbocycles. The largest absolute Gasteiger partial charge is 0.382 e. The van der Waals surface area contributed by atoms with Crippen molar-refractivity contribution in [3.8, 4) is 0 Å². The Kier molecular flexibility index (Phi) is 5.75. The highest BCUT2D eigenvalue weighted by Gasteiger charge is 2.21. The smallest absolute Gasteiger partial charge is 0.268 e. The number of likely N-dealkylation sites (N-methyl/N-ethyl adjacent to an activating group) is 2. The van der Waals surface area contributed by atoms with Crippen molar-refractivity contribution in [1.82, 2.24) is 14.8 Å². The zero-order chi connectivity index (χ0) is 15.3. The second-order valence-corrected chi connectivity index (χ2v) is 5.61. The molecule has 0 aromatic carbocycles. The third-order valence-electron chi connectivity index (χ3n) is 2.59. The van der Waals surface area contributed by atoms with E-state index in [9.17, 15) is 9.59 Å². The molecule has 0 aliphatic rings. The third kappa shape index (κ3) is 4.09. The SMILES string of the molecule is CCCNc1nc(N)c(C(=O)N(C)CC(=O)N(C)C)s1. The molecule has 1 rings (SSSR count). The lowest BCUT2D eigenvalue weighted by molar-refractivity contribution is -0.129. The van der Waals surface area contributed by atoms with Crippen LogP contribution in [0.15, 0.2) is 0 Å². The van der Waals surface area contributed by atoms with E-state index in [1.807, 2.05) is 6.92 Å². The molecular weight excluding hydrogens is 278 g/mol. The molecule has 0 aliphatic carbocycles. The summed E-state index contributed by atoms with van der Waals surface area (Å²) in [7, 11) is 4.87. The number of thiazole rings is 1. The summed E-state index contributed by atoms with van der Waals surface area (Å²) in [6.07, 6.45) is 0.958. The number of nitrogens with one attached hydrogen (secondary N) is 1. The molecule has 0 fully saturated rings. The molecule has 2 amide bonds. The number of nitrogen functional groups attached to an aromatic ring is 1. The first-order valence-electron chi connectivity index (χ1n) is 6.32. The van der Waals surface area contributed by atoms with Crippen LogP contribution in [0.5, 0.6) is 0 Å². The fraction of sp³-hybridized carbons (Fsp3) is 0.583. The standard InChI is InChI=1S/C12H21N5O2S/c1-5-6-14-12-15-10(13)9(20-12)11(19)17(4)7-8(18)16(2)3/h5-7,13H2,1-4H3,(H,14,15). The number of nitrogens with zero attached hydrogens (tertiary/aromatic N) is 3. The first-order valence-corrected chi connectivity index (χ1v) is 7.14. The molecule has 0 radical (unpaired) electrons. The minimum atomic E-state index is -0.292. The number of nitrogens with two attached hydrogens (primary N) is 1. The van der Waals surface area contributed by atoms with Gasteiger partial charge in [0.2, 0.25) is 5.91 Å². The Balaban J connectivity index is 2.76. The van der Waals surface area contributed by atoms with Gasteiger partial charge < -0.3 is 20.9 Å². The molecule has 8 heteroatoms. The van der Waals surface area contributed by atoms with Crippen LogP contribution in [0.2, 0.25) is 0 Å². The van der Waals surface area contributed by atoms with Crippen LogP contribution >= 0.6 is 11.3 Å². The Bertz CT molecular complexity index is 486. The Morgan fingerprint density at radius 1 is 1.35 bits per heavy atom. The van der Waals surface area contributed by atoms with E-state index in [-0.39, 0.29) is 24.2 Å². The highest BCUT2D eigenvalue weighted by Crippen LogP contribution is 2.26. The molecule has 0 aliphatic heterocycles. The van der Waals surface area contributed by atoms with Crippen molar-refractivity contribution >= 4 is 34.1 Å². The summed E-state index contributed by atoms with van der Waals surface area (Å²) in [6, 6.07) is 0. The zero-order valence-corrected chi connectivity index (χ0v) is 13.1. The molecule has 0 bridgehead atoms. The van der Waals surface area contributed by atoms with Gasteiger partial charge in [0.15, 0.2) is 5.13 Å². The number of rotatable bonds is 6. The van der Waals surface area contributed by atoms with Crippen molar-refractivity contribution < 1.29 is 9.59 Å². The fourth-order valence-corrected chi connectivity index (χ4v) is 2.29. The molecule has 0 atom stereocenters. The number of anilines is 2. The minimum absolute atomic E-state index is 0.0148. The summed E-state index contributed by atoms with van der Waals surface area (Å²) >= 11 is 1.21. The highest BCUT2D eigenvalue weighted by atomic mass is 32.1. The van der Waals surface area contributed by atoms with Crippen molar-refractivity contribution in [2.75, 3.05) is 45.3 Å². The predicted octanol–water partition coefficient (Wildman–Crippen LogP) is 0.707. The Morgan fingerprint density at radius 2 is 2.00 bits per heavy atom. The normalized spacial score (nSPS) is 10.2. The third-order valence-corrected chi connectivity index (χ3v) is 3.61. The van der Waals surface area contributed by atoms with Crippen LogP contribution in [0.3, 0.4) is 0 Å². The average Bonchev–Trinajstić information content (AvgIpc) is 2.76. The van der Waals surface area contributed by atoms with Gasteiger partial charge in [-0.2, -0.15) is 0 Å². The van der Waals surface area contributed by atoms with Crippen molar-refractivity contribution in [1.29, 1.82) is 0 Å². The van der Waals surface area contributed by atoms with Crippen LogP contribution < -0.4 is 11.1 Å². The van der Waals surface area contributed by atoms with Gasteiger partial charge in [-0.05, 0) is 6.42 Å². The summed E-state index contributed by atoms with van der Waals surface area (Å²) in [4.78, 5) is 31.1. The molecule has 20 heavy (non-hydrogen) atoms. The van der Waals surface area contributed by atoms with Crippen LogP contribution in [0.1, 0.15) is 23.0 Å². The van der Waals surface area contributed by atoms with Gasteiger partial charge in [0.25, 0.3) is 5.91 Å². The molecule has 0 spiro atoms. The van der Waals surface area contributed by atoms with E-state index < -0.39 is 0 Å². The molecule has 0 unspecified atom stereocenters. The number of amides is 2. The van der Waals surface area contributed by atoms with E-state index in [2.05, 4.69) is 10.3 Å². The highest BCUT2D eigenvalue weighted by molar-refractivity contribution is 7.18. The van der Waals surface area contributed by atoms with Gasteiger partial charge in [-0.25, -0.2) is 4.98 Å². The summed E-state index contributed by atoms with van der Waals surface area (Å²) < 4.78 is 0. The van der Waals surface area contributed by atoms with Gasteiger partial charge in [-0.1, -0.05) is 18.3 Å². The molecule has 7 nitrogen and oxygen atoms in total. The molecule has 3 N–H and O–H groups in total. The summed E-state index contributed by atoms with van der Waals surface area (Å²) in [5.41, 5.74) is 5.76. The van der Waals surface area contributed by atoms with Crippen molar-refractivity contribution in [2.24, 2.45) is 0 Å². The molecule has 0 saturated heterocycles. The van der Waals surface area contributed by atoms with Crippen molar-refractivity contribution in [3.63, 3.8) is 0 Å². The zero-order valence-electron chi connectivity index (χ0n) is 12.3. The minimum Gasteiger partial charge on any atom is -0.382 e. The van der Waals surface area contributed by atoms with E-state index in [0.717, 1.165) is 13.0 Å². The predicted molar refractivity (Wildman–Crippen MR) is 81.0 cm³/mol. The monoisotopic (exact) mass is 299 g/mol. The quantitative estimate of drug-likeness (QED) is 0.807. The van der Waals surface area contributed by atoms with Crippen LogP contribution in [0.25, 0.3) is 0 Å². The van der Waals surface area contributed by atoms with E-state index in [1.165, 1.54) is 21.1 Å². The molecule has 1 heterocycles. The van der Waals surface area contributed by atoms with Gasteiger partial charge in [-0.15, -0.1) is 0 Å². The summed E-state index contributed by atoms with van der Waals surface area (Å²) in [5.74, 6) is -0.240. The lowest BCUT2D eigenvalue weighted by Crippen LogP contribution is -2.37. The maximum atomic E-state index is 12.2. The summed E-state index contributed by atoms with van der Waals surface area (Å²) in [6.45, 7) is 2.83. The van der Waals surface area contributed by atoms with Crippen molar-refractivity contribution in [2.45, 2.75) is 13.3 Å². The van der Waals surface area contributed by atoms with Gasteiger partial charge in [0.1, 0.15) is 10.7 Å². The number of carbonyl (C=O) groups is 2. The number of carbonyl (C=O) groups excluding carboxylic acids is 2. The van der Waals surface area contributed by atoms with Crippen LogP contribution in [0, 0.1) is 0 Å². The van der Waals surface area contributed by atoms with E-state index in [1.54, 1.807) is 21.1 Å². The molecule has 1 aromatic rings. The van der Waals surface area contributed by atoms with Gasteiger partial charge in [-0.3, -0.25) is 9.59 Å². The molecular formula is C12H21N5O2S. The Labute approximate surface area is 122 Å². The van der Waals surface area contributed by atoms with Gasteiger partial charge in [0.05, 0.1) is 6.54 Å². The summed E-state index contributed by atoms with van der Waals surface area (Å²) in [5, 5.41) is 3.71. The van der Waals surface area contributed by atoms with Crippen LogP contribution in [0.4, 0.5) is 10.9 Å². The lowest BCUT2D eigenvalue weighted by atomic mass is 10.4. The van der Waals surface area contributed by atoms with E-state index in [0.29, 0.717) is 10.0 Å². The fourth-order valence-electron chi connectivity index (χ4n) is 1.38. The number of hydrogen-bond donors (Lipinski definition) is 2. The van der Waals surface area contributed by atoms with E-state index in [4.69, 9.17) is 5.73 Å². The van der Waals surface area contributed by atoms with Crippen LogP contribution in [-0.2, 0) is 4.79 Å². The molecule has 1 aromatic heterocycles. The number of aromatic nitrogens is 1. The maximum absolute atomic E-state index is 12.2. The average molecular weight is 299 g/mol. The van der Waals surface area contributed by atoms with Gasteiger partial charge in [0, 0.05) is 27.7 Å². The first kappa shape index (κ1) is 16.2. The van der Waals surface area contributed by atoms with Crippen LogP contribution in [-0.4, -0.2) is 60.8 Å². The topological polar surface area (TPSA) is 91.6 Å². The Morgan fingerprint density at radius 3 is 2.55 bits per heavy atom.